The molecule has 0 spiro atoms. The minimum absolute atomic E-state index is 0.0121. The number of carbonyl (C=O) groups is 3. The summed E-state index contributed by atoms with van der Waals surface area (Å²) in [6, 6.07) is 4.65. The number of carboxylic acid groups (broad SMARTS) is 1. The van der Waals surface area contributed by atoms with Crippen molar-refractivity contribution in [2.45, 2.75) is 6.92 Å². The highest BCUT2D eigenvalue weighted by Gasteiger charge is 2.12. The lowest BCUT2D eigenvalue weighted by atomic mass is 10.2. The summed E-state index contributed by atoms with van der Waals surface area (Å²) < 4.78 is 0.754. The van der Waals surface area contributed by atoms with Crippen LogP contribution in [0.3, 0.4) is 0 Å². The lowest BCUT2D eigenvalue weighted by Crippen LogP contribution is -2.31. The summed E-state index contributed by atoms with van der Waals surface area (Å²) in [6.07, 6.45) is 0. The van der Waals surface area contributed by atoms with Crippen molar-refractivity contribution in [3.63, 3.8) is 0 Å². The molecule has 0 aromatic heterocycles. The third-order valence-electron chi connectivity index (χ3n) is 1.98. The van der Waals surface area contributed by atoms with Crippen LogP contribution >= 0.6 is 22.6 Å². The van der Waals surface area contributed by atoms with E-state index in [2.05, 4.69) is 10.6 Å². The molecule has 0 saturated carbocycles. The maximum atomic E-state index is 11.5. The van der Waals surface area contributed by atoms with E-state index in [0.29, 0.717) is 0 Å². The van der Waals surface area contributed by atoms with Gasteiger partial charge in [0.05, 0.1) is 17.8 Å². The van der Waals surface area contributed by atoms with Gasteiger partial charge < -0.3 is 15.7 Å². The molecule has 0 saturated heterocycles. The first-order valence-electron chi connectivity index (χ1n) is 4.97. The molecule has 6 nitrogen and oxygen atoms in total. The predicted molar refractivity (Wildman–Crippen MR) is 73.4 cm³/mol. The summed E-state index contributed by atoms with van der Waals surface area (Å²) in [5.41, 5.74) is 0.219. The maximum absolute atomic E-state index is 11.5. The van der Waals surface area contributed by atoms with Crippen LogP contribution in [0.2, 0.25) is 0 Å². The number of halogens is 1. The van der Waals surface area contributed by atoms with E-state index in [-0.39, 0.29) is 23.7 Å². The number of anilines is 1. The van der Waals surface area contributed by atoms with E-state index in [4.69, 9.17) is 5.11 Å². The smallest absolute Gasteiger partial charge is 0.337 e. The highest BCUT2D eigenvalue weighted by molar-refractivity contribution is 14.1. The maximum Gasteiger partial charge on any atom is 0.337 e. The fourth-order valence-corrected chi connectivity index (χ4v) is 1.69. The second kappa shape index (κ2) is 6.34. The Hall–Kier alpha value is -1.64. The molecule has 1 aromatic rings. The molecule has 0 radical (unpaired) electrons. The van der Waals surface area contributed by atoms with Crippen LogP contribution in [-0.2, 0) is 9.59 Å². The molecule has 7 heteroatoms. The Balaban J connectivity index is 2.81. The first-order valence-corrected chi connectivity index (χ1v) is 6.05. The van der Waals surface area contributed by atoms with Gasteiger partial charge in [0.15, 0.2) is 0 Å². The van der Waals surface area contributed by atoms with E-state index in [1.807, 2.05) is 22.6 Å². The Morgan fingerprint density at radius 1 is 1.33 bits per heavy atom. The van der Waals surface area contributed by atoms with Crippen LogP contribution < -0.4 is 10.6 Å². The molecule has 18 heavy (non-hydrogen) atoms. The van der Waals surface area contributed by atoms with Crippen molar-refractivity contribution in [2.75, 3.05) is 11.9 Å². The lowest BCUT2D eigenvalue weighted by Gasteiger charge is -2.09. The van der Waals surface area contributed by atoms with Crippen molar-refractivity contribution in [3.05, 3.63) is 27.3 Å². The zero-order valence-electron chi connectivity index (χ0n) is 9.49. The molecule has 3 N–H and O–H groups in total. The summed E-state index contributed by atoms with van der Waals surface area (Å²) in [6.45, 7) is 1.10. The molecule has 0 fully saturated rings. The van der Waals surface area contributed by atoms with Gasteiger partial charge in [-0.1, -0.05) is 0 Å². The van der Waals surface area contributed by atoms with E-state index >= 15 is 0 Å². The number of carbonyl (C=O) groups excluding carboxylic acids is 2. The third-order valence-corrected chi connectivity index (χ3v) is 2.65. The van der Waals surface area contributed by atoms with Crippen molar-refractivity contribution in [1.29, 1.82) is 0 Å². The van der Waals surface area contributed by atoms with E-state index < -0.39 is 11.9 Å². The van der Waals surface area contributed by atoms with Gasteiger partial charge in [0.2, 0.25) is 11.8 Å². The van der Waals surface area contributed by atoms with E-state index in [1.54, 1.807) is 6.07 Å². The first kappa shape index (κ1) is 14.4. The summed E-state index contributed by atoms with van der Waals surface area (Å²) >= 11 is 1.98. The van der Waals surface area contributed by atoms with Gasteiger partial charge >= 0.3 is 5.97 Å². The van der Waals surface area contributed by atoms with Crippen LogP contribution in [0.5, 0.6) is 0 Å². The average Bonchev–Trinajstić information content (AvgIpc) is 2.28. The second-order valence-electron chi connectivity index (χ2n) is 3.45. The molecule has 0 heterocycles. The molecule has 1 aromatic carbocycles. The van der Waals surface area contributed by atoms with Crippen molar-refractivity contribution in [3.8, 4) is 0 Å². The number of amides is 2. The molecule has 0 bridgehead atoms. The largest absolute Gasteiger partial charge is 0.478 e. The molecular formula is C11H11IN2O4. The normalized spacial score (nSPS) is 9.67. The molecule has 0 aliphatic rings. The number of hydrogen-bond acceptors (Lipinski definition) is 3. The van der Waals surface area contributed by atoms with Crippen LogP contribution in [0.1, 0.15) is 17.3 Å². The van der Waals surface area contributed by atoms with Crippen LogP contribution in [0.4, 0.5) is 5.69 Å². The highest BCUT2D eigenvalue weighted by Crippen LogP contribution is 2.18. The molecule has 96 valence electrons. The van der Waals surface area contributed by atoms with Gasteiger partial charge in [-0.05, 0) is 40.8 Å². The van der Waals surface area contributed by atoms with Gasteiger partial charge in [0.1, 0.15) is 0 Å². The Kier molecular flexibility index (Phi) is 5.08. The Bertz CT molecular complexity index is 502. The summed E-state index contributed by atoms with van der Waals surface area (Å²) in [7, 11) is 0. The number of benzene rings is 1. The standard InChI is InChI=1S/C11H11IN2O4/c1-6(15)13-5-10(16)14-9-3-2-7(12)4-8(9)11(17)18/h2-4H,5H2,1H3,(H,13,15)(H,14,16)(H,17,18). The summed E-state index contributed by atoms with van der Waals surface area (Å²) in [5.74, 6) is -1.93. The number of nitrogens with one attached hydrogen (secondary N) is 2. The van der Waals surface area contributed by atoms with Crippen LogP contribution in [0.25, 0.3) is 0 Å². The monoisotopic (exact) mass is 362 g/mol. The van der Waals surface area contributed by atoms with Crippen molar-refractivity contribution in [1.82, 2.24) is 5.32 Å². The van der Waals surface area contributed by atoms with Crippen LogP contribution in [0.15, 0.2) is 18.2 Å². The zero-order valence-corrected chi connectivity index (χ0v) is 11.6. The van der Waals surface area contributed by atoms with Crippen molar-refractivity contribution < 1.29 is 19.5 Å². The fourth-order valence-electron chi connectivity index (χ4n) is 1.20. The van der Waals surface area contributed by atoms with E-state index in [1.165, 1.54) is 19.1 Å². The van der Waals surface area contributed by atoms with Gasteiger partial charge in [0.25, 0.3) is 0 Å². The molecule has 0 atom stereocenters. The van der Waals surface area contributed by atoms with Gasteiger partial charge in [-0.15, -0.1) is 0 Å². The molecule has 0 aliphatic heterocycles. The molecule has 0 unspecified atom stereocenters. The molecule has 0 aliphatic carbocycles. The topological polar surface area (TPSA) is 95.5 Å². The van der Waals surface area contributed by atoms with E-state index in [0.717, 1.165) is 3.57 Å². The summed E-state index contributed by atoms with van der Waals surface area (Å²) in [5, 5.41) is 13.8. The fraction of sp³-hybridized carbons (Fsp3) is 0.182. The molecule has 2 amide bonds. The Morgan fingerprint density at radius 2 is 2.00 bits per heavy atom. The number of hydrogen-bond donors (Lipinski definition) is 3. The van der Waals surface area contributed by atoms with Gasteiger partial charge in [0, 0.05) is 10.5 Å². The SMILES string of the molecule is CC(=O)NCC(=O)Nc1ccc(I)cc1C(=O)O. The third kappa shape index (κ3) is 4.32. The first-order chi connectivity index (χ1) is 8.40. The van der Waals surface area contributed by atoms with Gasteiger partial charge in [-0.2, -0.15) is 0 Å². The number of aromatic carboxylic acids is 1. The lowest BCUT2D eigenvalue weighted by molar-refractivity contribution is -0.122. The van der Waals surface area contributed by atoms with Gasteiger partial charge in [-0.25, -0.2) is 4.79 Å². The predicted octanol–water partition coefficient (Wildman–Crippen LogP) is 1.06. The molecular weight excluding hydrogens is 351 g/mol. The number of carboxylic acids is 1. The second-order valence-corrected chi connectivity index (χ2v) is 4.70. The van der Waals surface area contributed by atoms with Crippen molar-refractivity contribution in [2.24, 2.45) is 0 Å². The summed E-state index contributed by atoms with van der Waals surface area (Å²) in [4.78, 5) is 33.1. The van der Waals surface area contributed by atoms with Gasteiger partial charge in [-0.3, -0.25) is 9.59 Å². The quantitative estimate of drug-likeness (QED) is 0.699. The number of rotatable bonds is 4. The Morgan fingerprint density at radius 3 is 2.56 bits per heavy atom. The average molecular weight is 362 g/mol. The Labute approximate surface area is 117 Å². The highest BCUT2D eigenvalue weighted by atomic mass is 127. The minimum Gasteiger partial charge on any atom is -0.478 e. The van der Waals surface area contributed by atoms with Crippen LogP contribution in [0, 0.1) is 3.57 Å². The zero-order chi connectivity index (χ0) is 13.7. The molecule has 1 rings (SSSR count). The van der Waals surface area contributed by atoms with Crippen LogP contribution in [-0.4, -0.2) is 29.4 Å². The minimum atomic E-state index is -1.12. The van der Waals surface area contributed by atoms with Crippen molar-refractivity contribution >= 4 is 46.1 Å². The van der Waals surface area contributed by atoms with E-state index in [9.17, 15) is 14.4 Å².